The van der Waals surface area contributed by atoms with Gasteiger partial charge in [0, 0.05) is 25.1 Å². The molecule has 1 amide bonds. The summed E-state index contributed by atoms with van der Waals surface area (Å²) in [6.45, 7) is 1.16. The van der Waals surface area contributed by atoms with Gasteiger partial charge in [-0.1, -0.05) is 6.08 Å². The van der Waals surface area contributed by atoms with Crippen LogP contribution < -0.4 is 11.1 Å². The molecule has 154 valence electrons. The summed E-state index contributed by atoms with van der Waals surface area (Å²) in [6.07, 6.45) is -1.14. The smallest absolute Gasteiger partial charge is 0.411 e. The molecule has 0 aromatic rings. The molecule has 1 fully saturated rings. The van der Waals surface area contributed by atoms with Gasteiger partial charge >= 0.3 is 12.1 Å². The molecule has 0 bridgehead atoms. The standard InChI is InChI=1S/C17H26F3N3O4/c1-10(24)22-15-13(21)5-12(16(25)26)6-14(15)23-4-2-3-11(7-23)8-27-9-17(18,19)20/h6,11,13-15H,2-5,7-9,21H2,1H3,(H,22,24)(H,25,26)/t11-,13+,14-,15-/m1/s1. The van der Waals surface area contributed by atoms with Gasteiger partial charge in [-0.3, -0.25) is 9.69 Å². The summed E-state index contributed by atoms with van der Waals surface area (Å²) in [5.74, 6) is -1.42. The van der Waals surface area contributed by atoms with Crippen molar-refractivity contribution in [3.63, 3.8) is 0 Å². The van der Waals surface area contributed by atoms with Crippen LogP contribution in [0.2, 0.25) is 0 Å². The first-order valence-electron chi connectivity index (χ1n) is 8.92. The summed E-state index contributed by atoms with van der Waals surface area (Å²) in [7, 11) is 0. The number of hydrogen-bond acceptors (Lipinski definition) is 5. The lowest BCUT2D eigenvalue weighted by Crippen LogP contribution is -2.62. The minimum atomic E-state index is -4.36. The van der Waals surface area contributed by atoms with Crippen molar-refractivity contribution in [2.45, 2.75) is 50.5 Å². The number of carbonyl (C=O) groups is 2. The van der Waals surface area contributed by atoms with Crippen LogP contribution in [0.15, 0.2) is 11.6 Å². The number of amides is 1. The van der Waals surface area contributed by atoms with E-state index in [-0.39, 0.29) is 30.4 Å². The Labute approximate surface area is 155 Å². The van der Waals surface area contributed by atoms with Crippen LogP contribution in [0.5, 0.6) is 0 Å². The fourth-order valence-corrected chi connectivity index (χ4v) is 3.78. The second kappa shape index (κ2) is 9.03. The van der Waals surface area contributed by atoms with Crippen molar-refractivity contribution in [1.82, 2.24) is 10.2 Å². The minimum absolute atomic E-state index is 0.0188. The summed E-state index contributed by atoms with van der Waals surface area (Å²) in [4.78, 5) is 24.9. The molecule has 4 atom stereocenters. The fraction of sp³-hybridized carbons (Fsp3) is 0.765. The van der Waals surface area contributed by atoms with Crippen LogP contribution in [0, 0.1) is 5.92 Å². The highest BCUT2D eigenvalue weighted by Gasteiger charge is 2.38. The van der Waals surface area contributed by atoms with Gasteiger partial charge in [0.2, 0.25) is 5.91 Å². The highest BCUT2D eigenvalue weighted by atomic mass is 19.4. The van der Waals surface area contributed by atoms with Crippen LogP contribution in [0.3, 0.4) is 0 Å². The molecule has 0 saturated carbocycles. The molecule has 1 saturated heterocycles. The molecule has 0 aromatic carbocycles. The number of nitrogens with one attached hydrogen (secondary N) is 1. The first-order chi connectivity index (χ1) is 12.6. The van der Waals surface area contributed by atoms with Crippen molar-refractivity contribution in [2.24, 2.45) is 11.7 Å². The highest BCUT2D eigenvalue weighted by molar-refractivity contribution is 5.87. The van der Waals surface area contributed by atoms with Crippen molar-refractivity contribution < 1.29 is 32.6 Å². The van der Waals surface area contributed by atoms with Crippen molar-refractivity contribution in [3.05, 3.63) is 11.6 Å². The predicted molar refractivity (Wildman–Crippen MR) is 90.9 cm³/mol. The normalized spacial score (nSPS) is 29.9. The van der Waals surface area contributed by atoms with Crippen molar-refractivity contribution >= 4 is 11.9 Å². The number of ether oxygens (including phenoxy) is 1. The molecule has 0 aromatic heterocycles. The van der Waals surface area contributed by atoms with E-state index >= 15 is 0 Å². The number of rotatable bonds is 6. The molecule has 27 heavy (non-hydrogen) atoms. The lowest BCUT2D eigenvalue weighted by molar-refractivity contribution is -0.177. The summed E-state index contributed by atoms with van der Waals surface area (Å²) < 4.78 is 41.6. The monoisotopic (exact) mass is 393 g/mol. The zero-order valence-corrected chi connectivity index (χ0v) is 15.2. The van der Waals surface area contributed by atoms with E-state index in [1.807, 2.05) is 4.90 Å². The number of nitrogens with two attached hydrogens (primary N) is 1. The van der Waals surface area contributed by atoms with Gasteiger partial charge in [-0.05, 0) is 31.7 Å². The third-order valence-corrected chi connectivity index (χ3v) is 4.89. The Morgan fingerprint density at radius 2 is 2.15 bits per heavy atom. The molecular formula is C17H26F3N3O4. The number of nitrogens with zero attached hydrogens (tertiary/aromatic N) is 1. The Balaban J connectivity index is 2.09. The van der Waals surface area contributed by atoms with Gasteiger partial charge in [-0.2, -0.15) is 13.2 Å². The van der Waals surface area contributed by atoms with Gasteiger partial charge in [0.15, 0.2) is 0 Å². The molecule has 4 N–H and O–H groups in total. The zero-order chi connectivity index (χ0) is 20.2. The van der Waals surface area contributed by atoms with Crippen LogP contribution in [-0.2, 0) is 14.3 Å². The van der Waals surface area contributed by atoms with Crippen LogP contribution in [0.4, 0.5) is 13.2 Å². The maximum Gasteiger partial charge on any atom is 0.411 e. The quantitative estimate of drug-likeness (QED) is 0.619. The molecule has 0 unspecified atom stereocenters. The van der Waals surface area contributed by atoms with Crippen molar-refractivity contribution in [3.8, 4) is 0 Å². The van der Waals surface area contributed by atoms with E-state index in [4.69, 9.17) is 10.5 Å². The molecule has 7 nitrogen and oxygen atoms in total. The summed E-state index contributed by atoms with van der Waals surface area (Å²) in [5, 5.41) is 12.1. The second-order valence-corrected chi connectivity index (χ2v) is 7.22. The molecule has 1 heterocycles. The zero-order valence-electron chi connectivity index (χ0n) is 15.2. The predicted octanol–water partition coefficient (Wildman–Crippen LogP) is 0.893. The molecule has 10 heteroatoms. The number of carboxylic acid groups (broad SMARTS) is 1. The Hall–Kier alpha value is -1.65. The number of hydrogen-bond donors (Lipinski definition) is 3. The molecule has 1 aliphatic heterocycles. The third kappa shape index (κ3) is 6.47. The lowest BCUT2D eigenvalue weighted by Gasteiger charge is -2.44. The number of halogens is 3. The topological polar surface area (TPSA) is 105 Å². The third-order valence-electron chi connectivity index (χ3n) is 4.89. The van der Waals surface area contributed by atoms with E-state index in [1.54, 1.807) is 6.08 Å². The Kier molecular flexibility index (Phi) is 7.24. The Morgan fingerprint density at radius 3 is 2.74 bits per heavy atom. The number of likely N-dealkylation sites (tertiary alicyclic amines) is 1. The fourth-order valence-electron chi connectivity index (χ4n) is 3.78. The lowest BCUT2D eigenvalue weighted by atomic mass is 9.84. The van der Waals surface area contributed by atoms with E-state index < -0.39 is 36.9 Å². The molecule has 0 radical (unpaired) electrons. The number of piperidine rings is 1. The van der Waals surface area contributed by atoms with E-state index in [9.17, 15) is 27.9 Å². The molecule has 2 aliphatic rings. The minimum Gasteiger partial charge on any atom is -0.478 e. The summed E-state index contributed by atoms with van der Waals surface area (Å²) >= 11 is 0. The van der Waals surface area contributed by atoms with Crippen LogP contribution in [0.1, 0.15) is 26.2 Å². The van der Waals surface area contributed by atoms with Gasteiger partial charge in [0.1, 0.15) is 6.61 Å². The second-order valence-electron chi connectivity index (χ2n) is 7.22. The number of carboxylic acids is 1. The maximum atomic E-state index is 12.3. The van der Waals surface area contributed by atoms with E-state index in [0.717, 1.165) is 12.8 Å². The first-order valence-corrected chi connectivity index (χ1v) is 8.92. The number of alkyl halides is 3. The molecule has 2 rings (SSSR count). The van der Waals surface area contributed by atoms with Gasteiger partial charge < -0.3 is 20.9 Å². The van der Waals surface area contributed by atoms with E-state index in [0.29, 0.717) is 13.1 Å². The Morgan fingerprint density at radius 1 is 1.44 bits per heavy atom. The van der Waals surface area contributed by atoms with Crippen LogP contribution in [-0.4, -0.2) is 72.5 Å². The number of carbonyl (C=O) groups excluding carboxylic acids is 1. The highest BCUT2D eigenvalue weighted by Crippen LogP contribution is 2.27. The Bertz CT molecular complexity index is 582. The van der Waals surface area contributed by atoms with Crippen LogP contribution in [0.25, 0.3) is 0 Å². The molecule has 1 aliphatic carbocycles. The van der Waals surface area contributed by atoms with Crippen molar-refractivity contribution in [2.75, 3.05) is 26.3 Å². The first kappa shape index (κ1) is 21.6. The summed E-state index contributed by atoms with van der Waals surface area (Å²) in [6, 6.07) is -1.44. The largest absolute Gasteiger partial charge is 0.478 e. The molecule has 0 spiro atoms. The van der Waals surface area contributed by atoms with Crippen molar-refractivity contribution in [1.29, 1.82) is 0 Å². The van der Waals surface area contributed by atoms with Crippen LogP contribution >= 0.6 is 0 Å². The van der Waals surface area contributed by atoms with Gasteiger partial charge in [0.05, 0.1) is 18.7 Å². The molecular weight excluding hydrogens is 367 g/mol. The van der Waals surface area contributed by atoms with E-state index in [1.165, 1.54) is 6.92 Å². The van der Waals surface area contributed by atoms with Gasteiger partial charge in [0.25, 0.3) is 0 Å². The maximum absolute atomic E-state index is 12.3. The number of aliphatic carboxylic acids is 1. The van der Waals surface area contributed by atoms with E-state index in [2.05, 4.69) is 5.32 Å². The summed E-state index contributed by atoms with van der Waals surface area (Å²) in [5.41, 5.74) is 6.30. The van der Waals surface area contributed by atoms with Gasteiger partial charge in [-0.15, -0.1) is 0 Å². The average Bonchev–Trinajstić information content (AvgIpc) is 2.55. The van der Waals surface area contributed by atoms with Gasteiger partial charge in [-0.25, -0.2) is 4.79 Å². The SMILES string of the molecule is CC(=O)N[C@H]1[C@H](N2CCC[C@@H](COCC(F)(F)F)C2)C=C(C(=O)O)C[C@@H]1N. The average molecular weight is 393 g/mol.